The summed E-state index contributed by atoms with van der Waals surface area (Å²) in [5.41, 5.74) is 1.81. The average molecular weight is 368 g/mol. The Morgan fingerprint density at radius 2 is 2.19 bits per heavy atom. The van der Waals surface area contributed by atoms with Crippen LogP contribution in [0.2, 0.25) is 0 Å². The quantitative estimate of drug-likeness (QED) is 0.713. The van der Waals surface area contributed by atoms with E-state index in [1.165, 1.54) is 11.3 Å². The van der Waals surface area contributed by atoms with E-state index in [4.69, 9.17) is 4.74 Å². The number of carbonyl (C=O) groups excluding carboxylic acids is 1. The lowest BCUT2D eigenvalue weighted by Crippen LogP contribution is -2.44. The summed E-state index contributed by atoms with van der Waals surface area (Å²) in [7, 11) is 0. The lowest BCUT2D eigenvalue weighted by Gasteiger charge is -2.29. The van der Waals surface area contributed by atoms with Gasteiger partial charge < -0.3 is 14.2 Å². The van der Waals surface area contributed by atoms with Crippen molar-refractivity contribution in [2.75, 3.05) is 6.61 Å². The minimum Gasteiger partial charge on any atom is -0.491 e. The molecule has 1 aromatic carbocycles. The highest BCUT2D eigenvalue weighted by molar-refractivity contribution is 7.13. The molecule has 0 bridgehead atoms. The predicted octanol–water partition coefficient (Wildman–Crippen LogP) is 3.06. The number of hydrogen-bond donors (Lipinski definition) is 0. The Bertz CT molecular complexity index is 920. The van der Waals surface area contributed by atoms with E-state index in [1.807, 2.05) is 53.8 Å². The van der Waals surface area contributed by atoms with Gasteiger partial charge in [-0.1, -0.05) is 18.2 Å². The van der Waals surface area contributed by atoms with Crippen LogP contribution in [0.15, 0.2) is 43.0 Å². The SMILES string of the molecule is Cc1nc(C)c(C(=O)N2Cc3ccccc3OC[C@@H]2Cn2ccnc2)s1. The fourth-order valence-corrected chi connectivity index (χ4v) is 4.13. The van der Waals surface area contributed by atoms with Gasteiger partial charge >= 0.3 is 0 Å². The first kappa shape index (κ1) is 16.8. The number of ether oxygens (including phenoxy) is 1. The highest BCUT2D eigenvalue weighted by Gasteiger charge is 2.31. The number of imidazole rings is 1. The van der Waals surface area contributed by atoms with E-state index in [-0.39, 0.29) is 11.9 Å². The standard InChI is InChI=1S/C19H20N4O2S/c1-13-18(26-14(2)21-13)19(24)23-9-15-5-3-4-6-17(15)25-11-16(23)10-22-8-7-20-12-22/h3-8,12,16H,9-11H2,1-2H3/t16-/m0/s1. The summed E-state index contributed by atoms with van der Waals surface area (Å²) >= 11 is 1.45. The van der Waals surface area contributed by atoms with Crippen molar-refractivity contribution in [3.63, 3.8) is 0 Å². The van der Waals surface area contributed by atoms with Crippen LogP contribution in [0.4, 0.5) is 0 Å². The number of benzene rings is 1. The normalized spacial score (nSPS) is 16.7. The van der Waals surface area contributed by atoms with Crippen LogP contribution in [0, 0.1) is 13.8 Å². The van der Waals surface area contributed by atoms with Crippen LogP contribution >= 0.6 is 11.3 Å². The summed E-state index contributed by atoms with van der Waals surface area (Å²) in [5.74, 6) is 0.856. The third-order valence-electron chi connectivity index (χ3n) is 4.52. The van der Waals surface area contributed by atoms with Crippen molar-refractivity contribution < 1.29 is 9.53 Å². The smallest absolute Gasteiger partial charge is 0.266 e. The molecule has 1 aliphatic heterocycles. The van der Waals surface area contributed by atoms with Crippen LogP contribution in [0.25, 0.3) is 0 Å². The molecule has 1 aliphatic rings. The third kappa shape index (κ3) is 3.22. The number of fused-ring (bicyclic) bond motifs is 1. The van der Waals surface area contributed by atoms with Crippen molar-refractivity contribution in [2.24, 2.45) is 0 Å². The number of nitrogens with zero attached hydrogens (tertiary/aromatic N) is 4. The van der Waals surface area contributed by atoms with Crippen molar-refractivity contribution in [2.45, 2.75) is 33.0 Å². The Morgan fingerprint density at radius 1 is 1.35 bits per heavy atom. The Balaban J connectivity index is 1.69. The lowest BCUT2D eigenvalue weighted by molar-refractivity contribution is 0.0602. The molecule has 1 amide bonds. The molecule has 0 unspecified atom stereocenters. The first-order valence-electron chi connectivity index (χ1n) is 8.53. The summed E-state index contributed by atoms with van der Waals surface area (Å²) in [4.78, 5) is 24.5. The van der Waals surface area contributed by atoms with Crippen molar-refractivity contribution in [1.82, 2.24) is 19.4 Å². The molecule has 0 spiro atoms. The minimum absolute atomic E-state index is 0.0125. The maximum Gasteiger partial charge on any atom is 0.266 e. The van der Waals surface area contributed by atoms with Crippen LogP contribution in [0.1, 0.15) is 25.9 Å². The largest absolute Gasteiger partial charge is 0.491 e. The number of rotatable bonds is 3. The fourth-order valence-electron chi connectivity index (χ4n) is 3.25. The van der Waals surface area contributed by atoms with Gasteiger partial charge in [-0.25, -0.2) is 9.97 Å². The zero-order valence-corrected chi connectivity index (χ0v) is 15.6. The molecular formula is C19H20N4O2S. The summed E-state index contributed by atoms with van der Waals surface area (Å²) in [6.07, 6.45) is 5.42. The number of amides is 1. The summed E-state index contributed by atoms with van der Waals surface area (Å²) in [6.45, 7) is 5.42. The maximum absolute atomic E-state index is 13.4. The van der Waals surface area contributed by atoms with Crippen LogP contribution in [0.5, 0.6) is 5.75 Å². The van der Waals surface area contributed by atoms with Crippen LogP contribution in [-0.4, -0.2) is 38.0 Å². The van der Waals surface area contributed by atoms with Gasteiger partial charge in [0.25, 0.3) is 5.91 Å². The van der Waals surface area contributed by atoms with E-state index in [0.29, 0.717) is 24.6 Å². The molecule has 3 aromatic rings. The summed E-state index contributed by atoms with van der Waals surface area (Å²) in [5, 5.41) is 0.906. The number of aryl methyl sites for hydroxylation is 2. The van der Waals surface area contributed by atoms with E-state index in [2.05, 4.69) is 9.97 Å². The highest BCUT2D eigenvalue weighted by Crippen LogP contribution is 2.28. The van der Waals surface area contributed by atoms with Gasteiger partial charge in [0.05, 0.1) is 29.6 Å². The van der Waals surface area contributed by atoms with Gasteiger partial charge in [-0.2, -0.15) is 0 Å². The van der Waals surface area contributed by atoms with Gasteiger partial charge in [-0.15, -0.1) is 11.3 Å². The second-order valence-electron chi connectivity index (χ2n) is 6.41. The minimum atomic E-state index is -0.0918. The van der Waals surface area contributed by atoms with Crippen molar-refractivity contribution in [3.8, 4) is 5.75 Å². The first-order chi connectivity index (χ1) is 12.6. The third-order valence-corrected chi connectivity index (χ3v) is 5.59. The second kappa shape index (κ2) is 6.92. The molecule has 0 fully saturated rings. The molecule has 0 radical (unpaired) electrons. The molecule has 1 atom stereocenters. The number of hydrogen-bond acceptors (Lipinski definition) is 5. The maximum atomic E-state index is 13.4. The van der Waals surface area contributed by atoms with E-state index >= 15 is 0 Å². The topological polar surface area (TPSA) is 60.3 Å². The molecule has 134 valence electrons. The summed E-state index contributed by atoms with van der Waals surface area (Å²) < 4.78 is 8.00. The summed E-state index contributed by atoms with van der Waals surface area (Å²) in [6, 6.07) is 7.81. The van der Waals surface area contributed by atoms with E-state index in [9.17, 15) is 4.79 Å². The Morgan fingerprint density at radius 3 is 2.92 bits per heavy atom. The Hall–Kier alpha value is -2.67. The predicted molar refractivity (Wildman–Crippen MR) is 99.4 cm³/mol. The highest BCUT2D eigenvalue weighted by atomic mass is 32.1. The Kier molecular flexibility index (Phi) is 4.46. The molecule has 4 rings (SSSR count). The van der Waals surface area contributed by atoms with E-state index < -0.39 is 0 Å². The molecule has 0 saturated carbocycles. The van der Waals surface area contributed by atoms with Crippen LogP contribution in [0.3, 0.4) is 0 Å². The fraction of sp³-hybridized carbons (Fsp3) is 0.316. The number of aromatic nitrogens is 3. The lowest BCUT2D eigenvalue weighted by atomic mass is 10.1. The molecule has 0 saturated heterocycles. The van der Waals surface area contributed by atoms with Crippen LogP contribution < -0.4 is 4.74 Å². The molecule has 0 N–H and O–H groups in total. The van der Waals surface area contributed by atoms with Gasteiger partial charge in [0.2, 0.25) is 0 Å². The molecular weight excluding hydrogens is 348 g/mol. The van der Waals surface area contributed by atoms with Gasteiger partial charge in [0.15, 0.2) is 0 Å². The Labute approximate surface area is 156 Å². The number of thiazole rings is 1. The average Bonchev–Trinajstić information content (AvgIpc) is 3.21. The molecule has 6 nitrogen and oxygen atoms in total. The zero-order valence-electron chi connectivity index (χ0n) is 14.8. The zero-order chi connectivity index (χ0) is 18.1. The van der Waals surface area contributed by atoms with E-state index in [0.717, 1.165) is 22.0 Å². The van der Waals surface area contributed by atoms with Crippen molar-refractivity contribution >= 4 is 17.2 Å². The van der Waals surface area contributed by atoms with Crippen molar-refractivity contribution in [3.05, 3.63) is 64.1 Å². The van der Waals surface area contributed by atoms with Gasteiger partial charge in [0.1, 0.15) is 17.2 Å². The molecule has 7 heteroatoms. The van der Waals surface area contributed by atoms with Crippen LogP contribution in [-0.2, 0) is 13.1 Å². The first-order valence-corrected chi connectivity index (χ1v) is 9.35. The molecule has 26 heavy (non-hydrogen) atoms. The van der Waals surface area contributed by atoms with Gasteiger partial charge in [-0.05, 0) is 19.9 Å². The second-order valence-corrected chi connectivity index (χ2v) is 7.62. The number of para-hydroxylation sites is 1. The van der Waals surface area contributed by atoms with Gasteiger partial charge in [0, 0.05) is 24.5 Å². The number of carbonyl (C=O) groups is 1. The van der Waals surface area contributed by atoms with Gasteiger partial charge in [-0.3, -0.25) is 4.79 Å². The molecule has 2 aromatic heterocycles. The molecule has 3 heterocycles. The van der Waals surface area contributed by atoms with E-state index in [1.54, 1.807) is 12.5 Å². The molecule has 0 aliphatic carbocycles. The monoisotopic (exact) mass is 368 g/mol. The van der Waals surface area contributed by atoms with Crippen molar-refractivity contribution in [1.29, 1.82) is 0 Å².